The first-order valence-corrected chi connectivity index (χ1v) is 6.45. The highest BCUT2D eigenvalue weighted by Gasteiger charge is 2.27. The number of nitrogen functional groups attached to an aromatic ring is 1. The summed E-state index contributed by atoms with van der Waals surface area (Å²) >= 11 is 0. The van der Waals surface area contributed by atoms with Gasteiger partial charge in [-0.1, -0.05) is 18.2 Å². The van der Waals surface area contributed by atoms with Crippen LogP contribution < -0.4 is 11.5 Å². The second-order valence-electron chi connectivity index (χ2n) is 5.06. The maximum atomic E-state index is 12.1. The number of carbonyl (C=O) groups is 2. The van der Waals surface area contributed by atoms with E-state index in [2.05, 4.69) is 0 Å². The fourth-order valence-corrected chi connectivity index (χ4v) is 2.00. The van der Waals surface area contributed by atoms with Crippen molar-refractivity contribution in [2.24, 2.45) is 11.7 Å². The van der Waals surface area contributed by atoms with Crippen molar-refractivity contribution in [1.29, 1.82) is 0 Å². The van der Waals surface area contributed by atoms with Crippen molar-refractivity contribution in [2.45, 2.75) is 25.8 Å². The minimum atomic E-state index is -0.501. The van der Waals surface area contributed by atoms with Gasteiger partial charge < -0.3 is 16.4 Å². The molecule has 0 atom stereocenters. The Balaban J connectivity index is 2.06. The molecule has 0 aliphatic heterocycles. The van der Waals surface area contributed by atoms with Crippen molar-refractivity contribution in [3.05, 3.63) is 29.8 Å². The van der Waals surface area contributed by atoms with E-state index in [1.54, 1.807) is 6.07 Å². The number of para-hydroxylation sites is 1. The van der Waals surface area contributed by atoms with Crippen LogP contribution in [0.3, 0.4) is 0 Å². The normalized spacial score (nSPS) is 14.1. The van der Waals surface area contributed by atoms with E-state index in [1.807, 2.05) is 18.2 Å². The monoisotopic (exact) mass is 261 g/mol. The molecule has 0 unspecified atom stereocenters. The lowest BCUT2D eigenvalue weighted by Gasteiger charge is -2.22. The van der Waals surface area contributed by atoms with Gasteiger partial charge in [-0.05, 0) is 30.4 Å². The number of primary amides is 1. The fraction of sp³-hybridized carbons (Fsp3) is 0.429. The Morgan fingerprint density at radius 1 is 1.26 bits per heavy atom. The molecule has 1 aliphatic carbocycles. The Kier molecular flexibility index (Phi) is 4.04. The van der Waals surface area contributed by atoms with Gasteiger partial charge >= 0.3 is 0 Å². The molecule has 0 bridgehead atoms. The molecule has 2 rings (SSSR count). The van der Waals surface area contributed by atoms with Crippen LogP contribution in [-0.2, 0) is 16.1 Å². The predicted molar refractivity (Wildman–Crippen MR) is 72.8 cm³/mol. The molecular formula is C14H19N3O2. The summed E-state index contributed by atoms with van der Waals surface area (Å²) in [6, 6.07) is 7.33. The molecule has 2 amide bonds. The van der Waals surface area contributed by atoms with Gasteiger partial charge in [0, 0.05) is 18.7 Å². The van der Waals surface area contributed by atoms with Crippen LogP contribution in [-0.4, -0.2) is 23.3 Å². The molecule has 0 heterocycles. The number of hydrogen-bond donors (Lipinski definition) is 2. The van der Waals surface area contributed by atoms with Crippen LogP contribution in [0.15, 0.2) is 24.3 Å². The molecule has 1 aliphatic rings. The van der Waals surface area contributed by atoms with E-state index in [4.69, 9.17) is 11.5 Å². The van der Waals surface area contributed by atoms with Crippen molar-refractivity contribution < 1.29 is 9.59 Å². The van der Waals surface area contributed by atoms with Crippen LogP contribution in [0.25, 0.3) is 0 Å². The van der Waals surface area contributed by atoms with Crippen molar-refractivity contribution in [3.8, 4) is 0 Å². The van der Waals surface area contributed by atoms with E-state index in [-0.39, 0.29) is 12.5 Å². The maximum absolute atomic E-state index is 12.1. The third kappa shape index (κ3) is 3.98. The minimum absolute atomic E-state index is 0.0236. The summed E-state index contributed by atoms with van der Waals surface area (Å²) in [4.78, 5) is 24.7. The smallest absolute Gasteiger partial charge is 0.237 e. The minimum Gasteiger partial charge on any atom is -0.398 e. The fourth-order valence-electron chi connectivity index (χ4n) is 2.00. The quantitative estimate of drug-likeness (QED) is 0.745. The maximum Gasteiger partial charge on any atom is 0.237 e. The van der Waals surface area contributed by atoms with Gasteiger partial charge in [-0.3, -0.25) is 9.59 Å². The Bertz CT molecular complexity index is 483. The molecule has 102 valence electrons. The van der Waals surface area contributed by atoms with Gasteiger partial charge in [0.1, 0.15) is 0 Å². The lowest BCUT2D eigenvalue weighted by molar-refractivity contribution is -0.136. The molecule has 19 heavy (non-hydrogen) atoms. The molecule has 0 aromatic heterocycles. The summed E-state index contributed by atoms with van der Waals surface area (Å²) in [7, 11) is 0. The average Bonchev–Trinajstić information content (AvgIpc) is 3.14. The number of amides is 2. The SMILES string of the molecule is NC(=O)CN(Cc1ccccc1N)C(=O)CC1CC1. The standard InChI is InChI=1S/C14H19N3O2/c15-12-4-2-1-3-11(12)8-17(9-13(16)18)14(19)7-10-5-6-10/h1-4,10H,5-9,15H2,(H2,16,18). The number of hydrogen-bond acceptors (Lipinski definition) is 3. The molecule has 1 saturated carbocycles. The van der Waals surface area contributed by atoms with Gasteiger partial charge in [0.15, 0.2) is 0 Å². The van der Waals surface area contributed by atoms with Gasteiger partial charge in [0.05, 0.1) is 6.54 Å². The summed E-state index contributed by atoms with van der Waals surface area (Å²) in [5, 5.41) is 0. The summed E-state index contributed by atoms with van der Waals surface area (Å²) in [6.45, 7) is 0.279. The van der Waals surface area contributed by atoms with E-state index in [0.717, 1.165) is 18.4 Å². The zero-order valence-electron chi connectivity index (χ0n) is 10.8. The number of rotatable bonds is 6. The van der Waals surface area contributed by atoms with Crippen LogP contribution in [0.5, 0.6) is 0 Å². The molecule has 5 heteroatoms. The number of carbonyl (C=O) groups excluding carboxylic acids is 2. The molecule has 0 radical (unpaired) electrons. The zero-order valence-corrected chi connectivity index (χ0v) is 10.8. The van der Waals surface area contributed by atoms with Crippen molar-refractivity contribution >= 4 is 17.5 Å². The number of benzene rings is 1. The van der Waals surface area contributed by atoms with Gasteiger partial charge in [-0.15, -0.1) is 0 Å². The first kappa shape index (κ1) is 13.4. The second-order valence-corrected chi connectivity index (χ2v) is 5.06. The topological polar surface area (TPSA) is 89.4 Å². The molecule has 0 saturated heterocycles. The van der Waals surface area contributed by atoms with E-state index in [0.29, 0.717) is 24.6 Å². The molecule has 1 aromatic rings. The van der Waals surface area contributed by atoms with E-state index >= 15 is 0 Å². The number of nitrogens with zero attached hydrogens (tertiary/aromatic N) is 1. The van der Waals surface area contributed by atoms with Crippen molar-refractivity contribution in [1.82, 2.24) is 4.90 Å². The lowest BCUT2D eigenvalue weighted by atomic mass is 10.1. The van der Waals surface area contributed by atoms with Crippen LogP contribution in [0.1, 0.15) is 24.8 Å². The highest BCUT2D eigenvalue weighted by molar-refractivity contribution is 5.84. The number of anilines is 1. The van der Waals surface area contributed by atoms with Crippen LogP contribution >= 0.6 is 0 Å². The lowest BCUT2D eigenvalue weighted by Crippen LogP contribution is -2.38. The first-order valence-electron chi connectivity index (χ1n) is 6.45. The molecule has 0 spiro atoms. The summed E-state index contributed by atoms with van der Waals surface area (Å²) in [6.07, 6.45) is 2.70. The van der Waals surface area contributed by atoms with Gasteiger partial charge in [-0.25, -0.2) is 0 Å². The molecule has 1 aromatic carbocycles. The zero-order chi connectivity index (χ0) is 13.8. The Labute approximate surface area is 112 Å². The first-order chi connectivity index (χ1) is 9.06. The summed E-state index contributed by atoms with van der Waals surface area (Å²) in [5.74, 6) is -0.0424. The third-order valence-electron chi connectivity index (χ3n) is 3.28. The van der Waals surface area contributed by atoms with E-state index in [1.165, 1.54) is 4.90 Å². The van der Waals surface area contributed by atoms with Crippen molar-refractivity contribution in [2.75, 3.05) is 12.3 Å². The van der Waals surface area contributed by atoms with Gasteiger partial charge in [0.25, 0.3) is 0 Å². The van der Waals surface area contributed by atoms with Crippen LogP contribution in [0, 0.1) is 5.92 Å². The van der Waals surface area contributed by atoms with E-state index in [9.17, 15) is 9.59 Å². The Morgan fingerprint density at radius 3 is 2.53 bits per heavy atom. The number of nitrogens with two attached hydrogens (primary N) is 2. The second kappa shape index (κ2) is 5.73. The molecule has 1 fully saturated rings. The summed E-state index contributed by atoms with van der Waals surface area (Å²) < 4.78 is 0. The predicted octanol–water partition coefficient (Wildman–Crippen LogP) is 0.883. The highest BCUT2D eigenvalue weighted by atomic mass is 16.2. The van der Waals surface area contributed by atoms with Crippen LogP contribution in [0.2, 0.25) is 0 Å². The van der Waals surface area contributed by atoms with Crippen molar-refractivity contribution in [3.63, 3.8) is 0 Å². The summed E-state index contributed by atoms with van der Waals surface area (Å²) in [5.41, 5.74) is 12.5. The van der Waals surface area contributed by atoms with E-state index < -0.39 is 5.91 Å². The third-order valence-corrected chi connectivity index (χ3v) is 3.28. The van der Waals surface area contributed by atoms with Gasteiger partial charge in [-0.2, -0.15) is 0 Å². The largest absolute Gasteiger partial charge is 0.398 e. The molecular weight excluding hydrogens is 242 g/mol. The molecule has 4 N–H and O–H groups in total. The Hall–Kier alpha value is -2.04. The molecule has 5 nitrogen and oxygen atoms in total. The van der Waals surface area contributed by atoms with Crippen LogP contribution in [0.4, 0.5) is 5.69 Å². The highest BCUT2D eigenvalue weighted by Crippen LogP contribution is 2.33. The Morgan fingerprint density at radius 2 is 1.95 bits per heavy atom. The van der Waals surface area contributed by atoms with Gasteiger partial charge in [0.2, 0.25) is 11.8 Å². The average molecular weight is 261 g/mol.